The van der Waals surface area contributed by atoms with Crippen molar-refractivity contribution in [2.75, 3.05) is 12.4 Å². The molecule has 0 spiro atoms. The van der Waals surface area contributed by atoms with Crippen molar-refractivity contribution in [1.29, 1.82) is 0 Å². The van der Waals surface area contributed by atoms with Gasteiger partial charge in [-0.1, -0.05) is 23.7 Å². The van der Waals surface area contributed by atoms with Gasteiger partial charge in [0.15, 0.2) is 0 Å². The van der Waals surface area contributed by atoms with E-state index in [0.29, 0.717) is 16.5 Å². The molecule has 0 radical (unpaired) electrons. The highest BCUT2D eigenvalue weighted by atomic mass is 35.5. The zero-order valence-corrected chi connectivity index (χ0v) is 12.6. The molecule has 3 nitrogen and oxygen atoms in total. The molecular formula is C13H14ClNO2S2. The zero-order chi connectivity index (χ0) is 13.5. The minimum atomic E-state index is 0.428. The van der Waals surface area contributed by atoms with Crippen LogP contribution in [0.4, 0.5) is 0 Å². The highest BCUT2D eigenvalue weighted by molar-refractivity contribution is 7.98. The standard InChI is InChI=1S/C13H14ClNO2S2/c14-11-4-1-2-5-12(11)16-6-3-7-19-9-10-8-15-13(18)17-10/h1-2,4-5,8H,3,6-7,9H2,(H,15,18). The van der Waals surface area contributed by atoms with Crippen LogP contribution >= 0.6 is 35.6 Å². The summed E-state index contributed by atoms with van der Waals surface area (Å²) in [5.41, 5.74) is 0. The zero-order valence-electron chi connectivity index (χ0n) is 10.2. The first-order chi connectivity index (χ1) is 9.25. The first kappa shape index (κ1) is 14.5. The molecule has 0 atom stereocenters. The van der Waals surface area contributed by atoms with Crippen molar-refractivity contribution in [3.63, 3.8) is 0 Å². The Morgan fingerprint density at radius 2 is 2.21 bits per heavy atom. The Balaban J connectivity index is 1.60. The van der Waals surface area contributed by atoms with Crippen LogP contribution in [0, 0.1) is 4.84 Å². The number of benzene rings is 1. The normalized spacial score (nSPS) is 10.6. The fourth-order valence-electron chi connectivity index (χ4n) is 1.47. The topological polar surface area (TPSA) is 38.2 Å². The molecule has 1 heterocycles. The highest BCUT2D eigenvalue weighted by Crippen LogP contribution is 2.23. The lowest BCUT2D eigenvalue weighted by atomic mass is 10.3. The summed E-state index contributed by atoms with van der Waals surface area (Å²) >= 11 is 12.6. The van der Waals surface area contributed by atoms with E-state index >= 15 is 0 Å². The van der Waals surface area contributed by atoms with Gasteiger partial charge in [-0.05, 0) is 36.5 Å². The van der Waals surface area contributed by atoms with E-state index in [-0.39, 0.29) is 0 Å². The average Bonchev–Trinajstić information content (AvgIpc) is 2.81. The number of oxazole rings is 1. The summed E-state index contributed by atoms with van der Waals surface area (Å²) in [6.07, 6.45) is 2.76. The number of aromatic amines is 1. The molecule has 0 aliphatic heterocycles. The number of hydrogen-bond donors (Lipinski definition) is 1. The average molecular weight is 316 g/mol. The summed E-state index contributed by atoms with van der Waals surface area (Å²) in [5.74, 6) is 3.43. The Morgan fingerprint density at radius 3 is 2.95 bits per heavy atom. The smallest absolute Gasteiger partial charge is 0.266 e. The van der Waals surface area contributed by atoms with E-state index in [2.05, 4.69) is 4.98 Å². The van der Waals surface area contributed by atoms with Crippen molar-refractivity contribution in [3.8, 4) is 5.75 Å². The van der Waals surface area contributed by atoms with Crippen LogP contribution in [0.5, 0.6) is 5.75 Å². The quantitative estimate of drug-likeness (QED) is 0.594. The van der Waals surface area contributed by atoms with E-state index in [1.807, 2.05) is 24.3 Å². The first-order valence-electron chi connectivity index (χ1n) is 5.88. The number of rotatable bonds is 7. The van der Waals surface area contributed by atoms with E-state index < -0.39 is 0 Å². The van der Waals surface area contributed by atoms with Crippen LogP contribution in [-0.4, -0.2) is 17.3 Å². The molecule has 0 aliphatic carbocycles. The fourth-order valence-corrected chi connectivity index (χ4v) is 2.63. The van der Waals surface area contributed by atoms with E-state index in [9.17, 15) is 0 Å². The molecule has 0 saturated heterocycles. The molecule has 1 aromatic carbocycles. The number of H-pyrrole nitrogens is 1. The third kappa shape index (κ3) is 4.93. The molecule has 0 amide bonds. The van der Waals surface area contributed by atoms with Crippen LogP contribution in [-0.2, 0) is 5.75 Å². The Morgan fingerprint density at radius 1 is 1.37 bits per heavy atom. The first-order valence-corrected chi connectivity index (χ1v) is 7.82. The second-order valence-corrected chi connectivity index (χ2v) is 5.71. The van der Waals surface area contributed by atoms with Gasteiger partial charge in [-0.3, -0.25) is 0 Å². The van der Waals surface area contributed by atoms with Gasteiger partial charge in [-0.2, -0.15) is 11.8 Å². The molecule has 6 heteroatoms. The number of aromatic nitrogens is 1. The van der Waals surface area contributed by atoms with E-state index in [1.165, 1.54) is 0 Å². The molecule has 0 bridgehead atoms. The lowest BCUT2D eigenvalue weighted by Gasteiger charge is -2.07. The number of nitrogens with one attached hydrogen (secondary N) is 1. The van der Waals surface area contributed by atoms with Crippen LogP contribution in [0.2, 0.25) is 5.02 Å². The van der Waals surface area contributed by atoms with Gasteiger partial charge in [-0.25, -0.2) is 0 Å². The Bertz CT molecular complexity index is 568. The molecule has 19 heavy (non-hydrogen) atoms. The van der Waals surface area contributed by atoms with Crippen molar-refractivity contribution in [2.24, 2.45) is 0 Å². The van der Waals surface area contributed by atoms with Crippen LogP contribution in [0.3, 0.4) is 0 Å². The Kier molecular flexibility index (Phi) is 5.82. The lowest BCUT2D eigenvalue weighted by Crippen LogP contribution is -1.99. The van der Waals surface area contributed by atoms with Crippen molar-refractivity contribution in [3.05, 3.63) is 46.1 Å². The van der Waals surface area contributed by atoms with Gasteiger partial charge in [-0.15, -0.1) is 0 Å². The molecular weight excluding hydrogens is 302 g/mol. The third-order valence-corrected chi connectivity index (χ3v) is 3.93. The Labute approximate surface area is 126 Å². The predicted octanol–water partition coefficient (Wildman–Crippen LogP) is 4.69. The molecule has 0 saturated carbocycles. The monoisotopic (exact) mass is 315 g/mol. The van der Waals surface area contributed by atoms with Gasteiger partial charge in [0.1, 0.15) is 11.5 Å². The van der Waals surface area contributed by atoms with E-state index in [0.717, 1.165) is 29.4 Å². The maximum Gasteiger partial charge on any atom is 0.266 e. The minimum absolute atomic E-state index is 0.428. The molecule has 0 aliphatic rings. The van der Waals surface area contributed by atoms with E-state index in [1.54, 1.807) is 18.0 Å². The number of halogens is 1. The van der Waals surface area contributed by atoms with E-state index in [4.69, 9.17) is 33.0 Å². The van der Waals surface area contributed by atoms with Crippen LogP contribution in [0.25, 0.3) is 0 Å². The SMILES string of the molecule is S=c1[nH]cc(CSCCCOc2ccccc2Cl)o1. The van der Waals surface area contributed by atoms with Gasteiger partial charge in [0, 0.05) is 6.20 Å². The Hall–Kier alpha value is -0.910. The summed E-state index contributed by atoms with van der Waals surface area (Å²) < 4.78 is 10.9. The predicted molar refractivity (Wildman–Crippen MR) is 81.6 cm³/mol. The van der Waals surface area contributed by atoms with Gasteiger partial charge >= 0.3 is 0 Å². The highest BCUT2D eigenvalue weighted by Gasteiger charge is 2.00. The van der Waals surface area contributed by atoms with Crippen molar-refractivity contribution in [1.82, 2.24) is 4.98 Å². The van der Waals surface area contributed by atoms with Gasteiger partial charge < -0.3 is 14.1 Å². The van der Waals surface area contributed by atoms with Gasteiger partial charge in [0.05, 0.1) is 17.4 Å². The summed E-state index contributed by atoms with van der Waals surface area (Å²) in [6.45, 7) is 0.660. The van der Waals surface area contributed by atoms with Crippen LogP contribution in [0.15, 0.2) is 34.9 Å². The summed E-state index contributed by atoms with van der Waals surface area (Å²) in [4.78, 5) is 3.27. The van der Waals surface area contributed by atoms with Crippen LogP contribution in [0.1, 0.15) is 12.2 Å². The summed E-state index contributed by atoms with van der Waals surface area (Å²) in [7, 11) is 0. The third-order valence-electron chi connectivity index (χ3n) is 2.35. The van der Waals surface area contributed by atoms with Crippen molar-refractivity contribution >= 4 is 35.6 Å². The second kappa shape index (κ2) is 7.62. The lowest BCUT2D eigenvalue weighted by molar-refractivity contribution is 0.319. The molecule has 1 aromatic heterocycles. The molecule has 0 unspecified atom stereocenters. The largest absolute Gasteiger partial charge is 0.492 e. The number of thioether (sulfide) groups is 1. The molecule has 1 N–H and O–H groups in total. The summed E-state index contributed by atoms with van der Waals surface area (Å²) in [6, 6.07) is 7.50. The second-order valence-electron chi connectivity index (χ2n) is 3.83. The van der Waals surface area contributed by atoms with Gasteiger partial charge in [0.25, 0.3) is 4.84 Å². The molecule has 2 rings (SSSR count). The summed E-state index contributed by atoms with van der Waals surface area (Å²) in [5, 5.41) is 0.652. The molecule has 2 aromatic rings. The number of ether oxygens (including phenoxy) is 1. The van der Waals surface area contributed by atoms with Crippen molar-refractivity contribution < 1.29 is 9.15 Å². The maximum atomic E-state index is 5.99. The number of hydrogen-bond acceptors (Lipinski definition) is 4. The fraction of sp³-hybridized carbons (Fsp3) is 0.308. The molecule has 0 fully saturated rings. The molecule has 102 valence electrons. The maximum absolute atomic E-state index is 5.99. The van der Waals surface area contributed by atoms with Crippen molar-refractivity contribution in [2.45, 2.75) is 12.2 Å². The minimum Gasteiger partial charge on any atom is -0.492 e. The number of para-hydroxylation sites is 1. The van der Waals surface area contributed by atoms with Crippen LogP contribution < -0.4 is 4.74 Å². The van der Waals surface area contributed by atoms with Gasteiger partial charge in [0.2, 0.25) is 0 Å².